The molecular weight excluding hydrogens is 229 g/mol. The lowest BCUT2D eigenvalue weighted by Crippen LogP contribution is -2.20. The zero-order valence-electron chi connectivity index (χ0n) is 10.2. The number of hydrogen-bond acceptors (Lipinski definition) is 2. The van der Waals surface area contributed by atoms with Gasteiger partial charge in [0.05, 0.1) is 12.1 Å². The van der Waals surface area contributed by atoms with Gasteiger partial charge in [0.2, 0.25) is 0 Å². The molecule has 0 aliphatic carbocycles. The highest BCUT2D eigenvalue weighted by molar-refractivity contribution is 5.32. The minimum absolute atomic E-state index is 0.366. The van der Waals surface area contributed by atoms with Gasteiger partial charge < -0.3 is 10.8 Å². The van der Waals surface area contributed by atoms with Gasteiger partial charge in [0.15, 0.2) is 0 Å². The highest BCUT2D eigenvalue weighted by atomic mass is 19.1. The van der Waals surface area contributed by atoms with Crippen molar-refractivity contribution in [1.29, 1.82) is 0 Å². The van der Waals surface area contributed by atoms with Crippen molar-refractivity contribution in [2.24, 2.45) is 5.73 Å². The molecule has 94 valence electrons. The molecule has 0 bridgehead atoms. The molecule has 0 heterocycles. The van der Waals surface area contributed by atoms with E-state index in [4.69, 9.17) is 5.73 Å². The highest BCUT2D eigenvalue weighted by Gasteiger charge is 2.20. The predicted molar refractivity (Wildman–Crippen MR) is 69.5 cm³/mol. The van der Waals surface area contributed by atoms with Crippen molar-refractivity contribution in [3.8, 4) is 0 Å². The minimum Gasteiger partial charge on any atom is -0.386 e. The average Bonchev–Trinajstić information content (AvgIpc) is 2.41. The van der Waals surface area contributed by atoms with Crippen LogP contribution in [0.3, 0.4) is 0 Å². The lowest BCUT2D eigenvalue weighted by atomic mass is 9.94. The van der Waals surface area contributed by atoms with Crippen molar-refractivity contribution >= 4 is 0 Å². The fourth-order valence-electron chi connectivity index (χ4n) is 1.98. The van der Waals surface area contributed by atoms with Crippen molar-refractivity contribution < 1.29 is 9.50 Å². The maximum Gasteiger partial charge on any atom is 0.123 e. The molecule has 0 fully saturated rings. The Kier molecular flexibility index (Phi) is 3.75. The molecule has 18 heavy (non-hydrogen) atoms. The smallest absolute Gasteiger partial charge is 0.123 e. The van der Waals surface area contributed by atoms with Gasteiger partial charge in [-0.1, -0.05) is 36.4 Å². The molecule has 2 atom stereocenters. The van der Waals surface area contributed by atoms with Crippen LogP contribution in [0.5, 0.6) is 0 Å². The molecule has 0 amide bonds. The third-order valence-electron chi connectivity index (χ3n) is 3.08. The van der Waals surface area contributed by atoms with Crippen molar-refractivity contribution in [3.05, 3.63) is 71.0 Å². The molecular formula is C15H16FNO. The molecule has 0 radical (unpaired) electrons. The Labute approximate surface area is 106 Å². The second-order valence-electron chi connectivity index (χ2n) is 4.38. The summed E-state index contributed by atoms with van der Waals surface area (Å²) in [4.78, 5) is 0. The number of halogens is 1. The Balaban J connectivity index is 2.31. The third kappa shape index (κ3) is 2.58. The fraction of sp³-hybridized carbons (Fsp3) is 0.200. The van der Waals surface area contributed by atoms with Gasteiger partial charge in [0, 0.05) is 0 Å². The average molecular weight is 245 g/mol. The standard InChI is InChI=1S/C15H16FNO/c1-10-7-8-12(16)9-13(10)15(18)14(17)11-5-3-2-4-6-11/h2-9,14-15,18H,17H2,1H3. The summed E-state index contributed by atoms with van der Waals surface area (Å²) < 4.78 is 13.2. The normalized spacial score (nSPS) is 14.2. The lowest BCUT2D eigenvalue weighted by molar-refractivity contribution is 0.146. The van der Waals surface area contributed by atoms with Crippen LogP contribution in [0, 0.1) is 12.7 Å². The summed E-state index contributed by atoms with van der Waals surface area (Å²) in [6.45, 7) is 1.83. The van der Waals surface area contributed by atoms with Crippen LogP contribution < -0.4 is 5.73 Å². The highest BCUT2D eigenvalue weighted by Crippen LogP contribution is 2.29. The molecule has 2 aromatic rings. The van der Waals surface area contributed by atoms with Gasteiger partial charge in [0.25, 0.3) is 0 Å². The van der Waals surface area contributed by atoms with Crippen molar-refractivity contribution in [1.82, 2.24) is 0 Å². The van der Waals surface area contributed by atoms with Gasteiger partial charge >= 0.3 is 0 Å². The molecule has 0 saturated carbocycles. The van der Waals surface area contributed by atoms with Crippen LogP contribution in [0.15, 0.2) is 48.5 Å². The summed E-state index contributed by atoms with van der Waals surface area (Å²) in [6.07, 6.45) is -0.914. The SMILES string of the molecule is Cc1ccc(F)cc1C(O)C(N)c1ccccc1. The van der Waals surface area contributed by atoms with E-state index in [2.05, 4.69) is 0 Å². The van der Waals surface area contributed by atoms with Crippen LogP contribution in [0.1, 0.15) is 28.8 Å². The molecule has 0 aliphatic rings. The molecule has 0 aliphatic heterocycles. The van der Waals surface area contributed by atoms with Crippen LogP contribution in [-0.2, 0) is 0 Å². The number of benzene rings is 2. The summed E-state index contributed by atoms with van der Waals surface area (Å²) in [7, 11) is 0. The minimum atomic E-state index is -0.914. The van der Waals surface area contributed by atoms with Gasteiger partial charge in [-0.2, -0.15) is 0 Å². The van der Waals surface area contributed by atoms with Crippen molar-refractivity contribution in [2.45, 2.75) is 19.1 Å². The monoisotopic (exact) mass is 245 g/mol. The van der Waals surface area contributed by atoms with Crippen LogP contribution in [-0.4, -0.2) is 5.11 Å². The first kappa shape index (κ1) is 12.7. The number of aliphatic hydroxyl groups excluding tert-OH is 1. The Bertz CT molecular complexity index is 527. The summed E-state index contributed by atoms with van der Waals surface area (Å²) in [5.41, 5.74) is 8.21. The molecule has 0 saturated heterocycles. The number of aliphatic hydroxyl groups is 1. The summed E-state index contributed by atoms with van der Waals surface area (Å²) >= 11 is 0. The second-order valence-corrected chi connectivity index (χ2v) is 4.38. The number of nitrogens with two attached hydrogens (primary N) is 1. The zero-order chi connectivity index (χ0) is 13.1. The maximum absolute atomic E-state index is 13.2. The second kappa shape index (κ2) is 5.29. The Morgan fingerprint density at radius 1 is 1.11 bits per heavy atom. The van der Waals surface area contributed by atoms with E-state index in [1.54, 1.807) is 6.07 Å². The van der Waals surface area contributed by atoms with E-state index >= 15 is 0 Å². The first-order valence-electron chi connectivity index (χ1n) is 5.84. The van der Waals surface area contributed by atoms with Gasteiger partial charge in [-0.15, -0.1) is 0 Å². The van der Waals surface area contributed by atoms with Crippen LogP contribution in [0.4, 0.5) is 4.39 Å². The largest absolute Gasteiger partial charge is 0.386 e. The molecule has 3 N–H and O–H groups in total. The Hall–Kier alpha value is -1.71. The van der Waals surface area contributed by atoms with Crippen LogP contribution >= 0.6 is 0 Å². The van der Waals surface area contributed by atoms with Crippen LogP contribution in [0.25, 0.3) is 0 Å². The number of hydrogen-bond donors (Lipinski definition) is 2. The van der Waals surface area contributed by atoms with E-state index in [0.29, 0.717) is 5.56 Å². The molecule has 2 aromatic carbocycles. The zero-order valence-corrected chi connectivity index (χ0v) is 10.2. The van der Waals surface area contributed by atoms with Crippen LogP contribution in [0.2, 0.25) is 0 Å². The third-order valence-corrected chi connectivity index (χ3v) is 3.08. The van der Waals surface area contributed by atoms with Gasteiger partial charge in [-0.05, 0) is 35.7 Å². The molecule has 2 unspecified atom stereocenters. The first-order chi connectivity index (χ1) is 8.59. The van der Waals surface area contributed by atoms with Crippen molar-refractivity contribution in [2.75, 3.05) is 0 Å². The molecule has 2 rings (SSSR count). The van der Waals surface area contributed by atoms with Gasteiger partial charge in [-0.25, -0.2) is 4.39 Å². The van der Waals surface area contributed by atoms with E-state index in [1.807, 2.05) is 37.3 Å². The van der Waals surface area contributed by atoms with E-state index in [-0.39, 0.29) is 5.82 Å². The van der Waals surface area contributed by atoms with E-state index in [1.165, 1.54) is 12.1 Å². The summed E-state index contributed by atoms with van der Waals surface area (Å²) in [6, 6.07) is 13.1. The molecule has 0 spiro atoms. The Morgan fingerprint density at radius 3 is 2.44 bits per heavy atom. The first-order valence-corrected chi connectivity index (χ1v) is 5.84. The van der Waals surface area contributed by atoms with Gasteiger partial charge in [0.1, 0.15) is 5.82 Å². The van der Waals surface area contributed by atoms with E-state index in [9.17, 15) is 9.50 Å². The predicted octanol–water partition coefficient (Wildman–Crippen LogP) is 2.87. The lowest BCUT2D eigenvalue weighted by Gasteiger charge is -2.21. The summed E-state index contributed by atoms with van der Waals surface area (Å²) in [5, 5.41) is 10.3. The molecule has 0 aromatic heterocycles. The van der Waals surface area contributed by atoms with Crippen molar-refractivity contribution in [3.63, 3.8) is 0 Å². The number of rotatable bonds is 3. The maximum atomic E-state index is 13.2. The summed E-state index contributed by atoms with van der Waals surface area (Å²) in [5.74, 6) is -0.366. The quantitative estimate of drug-likeness (QED) is 0.873. The topological polar surface area (TPSA) is 46.2 Å². The number of aryl methyl sites for hydroxylation is 1. The van der Waals surface area contributed by atoms with Gasteiger partial charge in [-0.3, -0.25) is 0 Å². The van der Waals surface area contributed by atoms with E-state index in [0.717, 1.165) is 11.1 Å². The fourth-order valence-corrected chi connectivity index (χ4v) is 1.98. The molecule has 3 heteroatoms. The van der Waals surface area contributed by atoms with E-state index < -0.39 is 12.1 Å². The Morgan fingerprint density at radius 2 is 1.78 bits per heavy atom. The molecule has 2 nitrogen and oxygen atoms in total.